The van der Waals surface area contributed by atoms with Crippen LogP contribution < -0.4 is 52.4 Å². The second-order valence-corrected chi connectivity index (χ2v) is 6.42. The van der Waals surface area contributed by atoms with E-state index in [0.29, 0.717) is 0 Å². The van der Waals surface area contributed by atoms with Crippen LogP contribution in [0.1, 0.15) is 33.3 Å². The van der Waals surface area contributed by atoms with Crippen molar-refractivity contribution in [2.45, 2.75) is 34.1 Å². The van der Waals surface area contributed by atoms with Gasteiger partial charge >= 0.3 is 0 Å². The summed E-state index contributed by atoms with van der Waals surface area (Å²) in [6.45, 7) is 15.1. The number of benzene rings is 1. The molecule has 1 aromatic carbocycles. The highest BCUT2D eigenvalue weighted by molar-refractivity contribution is 5.43. The van der Waals surface area contributed by atoms with E-state index in [1.807, 2.05) is 0 Å². The van der Waals surface area contributed by atoms with Crippen molar-refractivity contribution in [1.29, 1.82) is 0 Å². The van der Waals surface area contributed by atoms with Crippen molar-refractivity contribution in [2.24, 2.45) is 0 Å². The third-order valence-electron chi connectivity index (χ3n) is 5.42. The highest BCUT2D eigenvalue weighted by atomic mass is 127. The first-order valence-electron chi connectivity index (χ1n) is 8.20. The Bertz CT molecular complexity index is 396. The van der Waals surface area contributed by atoms with Crippen LogP contribution in [0.25, 0.3) is 0 Å². The van der Waals surface area contributed by atoms with Crippen molar-refractivity contribution in [3.05, 3.63) is 29.8 Å². The van der Waals surface area contributed by atoms with E-state index in [2.05, 4.69) is 66.1 Å². The van der Waals surface area contributed by atoms with Gasteiger partial charge in [0.05, 0.1) is 46.8 Å². The first-order valence-corrected chi connectivity index (χ1v) is 8.20. The molecule has 0 spiro atoms. The second-order valence-electron chi connectivity index (χ2n) is 6.42. The molecule has 0 N–H and O–H groups in total. The zero-order chi connectivity index (χ0) is 15.2. The number of halogens is 2. The lowest BCUT2D eigenvalue weighted by Gasteiger charge is -2.33. The molecule has 0 aliphatic carbocycles. The van der Waals surface area contributed by atoms with E-state index in [0.717, 1.165) is 17.6 Å². The fourth-order valence-electron chi connectivity index (χ4n) is 2.55. The SMILES string of the molecule is CC[N+](C)(CC)CCc1ccc([N+](C)(CC)CC)cc1.[I-].[I-]. The first-order chi connectivity index (χ1) is 9.43. The van der Waals surface area contributed by atoms with Gasteiger partial charge in [-0.15, -0.1) is 0 Å². The highest BCUT2D eigenvalue weighted by Gasteiger charge is 2.20. The third kappa shape index (κ3) is 6.61. The van der Waals surface area contributed by atoms with E-state index in [9.17, 15) is 0 Å². The maximum atomic E-state index is 2.36. The van der Waals surface area contributed by atoms with Gasteiger partial charge in [0.2, 0.25) is 0 Å². The number of hydrogen-bond donors (Lipinski definition) is 0. The van der Waals surface area contributed by atoms with E-state index in [1.54, 1.807) is 0 Å². The average Bonchev–Trinajstić information content (AvgIpc) is 2.52. The monoisotopic (exact) mass is 532 g/mol. The molecular weight excluding hydrogens is 498 g/mol. The van der Waals surface area contributed by atoms with Gasteiger partial charge in [0.25, 0.3) is 0 Å². The van der Waals surface area contributed by atoms with Gasteiger partial charge in [-0.05, 0) is 45.4 Å². The van der Waals surface area contributed by atoms with Gasteiger partial charge in [0, 0.05) is 6.42 Å². The summed E-state index contributed by atoms with van der Waals surface area (Å²) in [5.41, 5.74) is 2.90. The van der Waals surface area contributed by atoms with E-state index < -0.39 is 0 Å². The molecule has 0 radical (unpaired) electrons. The maximum absolute atomic E-state index is 2.36. The van der Waals surface area contributed by atoms with E-state index in [1.165, 1.54) is 41.8 Å². The third-order valence-corrected chi connectivity index (χ3v) is 5.42. The van der Waals surface area contributed by atoms with Crippen molar-refractivity contribution in [3.8, 4) is 0 Å². The summed E-state index contributed by atoms with van der Waals surface area (Å²) in [5, 5.41) is 0. The minimum Gasteiger partial charge on any atom is -1.00 e. The van der Waals surface area contributed by atoms with Crippen LogP contribution in [0, 0.1) is 0 Å². The molecule has 0 fully saturated rings. The summed E-state index contributed by atoms with van der Waals surface area (Å²) < 4.78 is 2.19. The highest BCUT2D eigenvalue weighted by Crippen LogP contribution is 2.21. The molecule has 0 aromatic heterocycles. The lowest BCUT2D eigenvalue weighted by Crippen LogP contribution is -3.00. The molecule has 4 heteroatoms. The lowest BCUT2D eigenvalue weighted by atomic mass is 10.1. The molecule has 0 bridgehead atoms. The Hall–Kier alpha value is 0.600. The zero-order valence-corrected chi connectivity index (χ0v) is 19.5. The number of likely N-dealkylation sites (N-methyl/N-ethyl adjacent to an activating group) is 1. The summed E-state index contributed by atoms with van der Waals surface area (Å²) in [5.74, 6) is 0. The maximum Gasteiger partial charge on any atom is 0.132 e. The van der Waals surface area contributed by atoms with Crippen LogP contribution in [0.4, 0.5) is 5.69 Å². The summed E-state index contributed by atoms with van der Waals surface area (Å²) in [4.78, 5) is 0. The normalized spacial score (nSPS) is 11.5. The Labute approximate surface area is 172 Å². The van der Waals surface area contributed by atoms with Crippen molar-refractivity contribution >= 4 is 5.69 Å². The van der Waals surface area contributed by atoms with E-state index in [-0.39, 0.29) is 48.0 Å². The van der Waals surface area contributed by atoms with Crippen LogP contribution in [-0.2, 0) is 6.42 Å². The quantitative estimate of drug-likeness (QED) is 0.261. The molecule has 1 rings (SSSR count). The van der Waals surface area contributed by atoms with Gasteiger partial charge in [-0.3, -0.25) is 4.48 Å². The van der Waals surface area contributed by atoms with E-state index in [4.69, 9.17) is 0 Å². The zero-order valence-electron chi connectivity index (χ0n) is 15.2. The number of hydrogen-bond acceptors (Lipinski definition) is 0. The minimum atomic E-state index is 0. The van der Waals surface area contributed by atoms with Gasteiger partial charge in [-0.25, -0.2) is 0 Å². The molecule has 0 unspecified atom stereocenters. The van der Waals surface area contributed by atoms with Crippen LogP contribution in [0.15, 0.2) is 24.3 Å². The van der Waals surface area contributed by atoms with Crippen LogP contribution in [-0.4, -0.2) is 51.3 Å². The van der Waals surface area contributed by atoms with Crippen molar-refractivity contribution in [3.63, 3.8) is 0 Å². The number of rotatable bonds is 8. The topological polar surface area (TPSA) is 0 Å². The van der Waals surface area contributed by atoms with Crippen LogP contribution in [0.5, 0.6) is 0 Å². The first kappa shape index (κ1) is 24.8. The predicted octanol–water partition coefficient (Wildman–Crippen LogP) is -2.30. The Kier molecular flexibility index (Phi) is 12.7. The van der Waals surface area contributed by atoms with Crippen LogP contribution in [0.3, 0.4) is 0 Å². The smallest absolute Gasteiger partial charge is 0.132 e. The Morgan fingerprint density at radius 2 is 1.18 bits per heavy atom. The van der Waals surface area contributed by atoms with Gasteiger partial charge in [-0.1, -0.05) is 12.1 Å². The largest absolute Gasteiger partial charge is 1.00 e. The van der Waals surface area contributed by atoms with Crippen molar-refractivity contribution in [1.82, 2.24) is 4.48 Å². The van der Waals surface area contributed by atoms with E-state index >= 15 is 0 Å². The van der Waals surface area contributed by atoms with Gasteiger partial charge in [0.15, 0.2) is 0 Å². The molecule has 0 atom stereocenters. The van der Waals surface area contributed by atoms with Crippen LogP contribution >= 0.6 is 0 Å². The van der Waals surface area contributed by atoms with Crippen molar-refractivity contribution < 1.29 is 52.4 Å². The summed E-state index contributed by atoms with van der Waals surface area (Å²) in [7, 11) is 4.67. The standard InChI is InChI=1S/C18H34N2.2HI/c1-7-19(5,8-2)16-15-17-11-13-18(14-12-17)20(6,9-3)10-4;;/h11-14H,7-10,15-16H2,1-6H3;2*1H/q+2;;/p-2. The minimum absolute atomic E-state index is 0. The van der Waals surface area contributed by atoms with Crippen LogP contribution in [0.2, 0.25) is 0 Å². The molecule has 0 amide bonds. The number of quaternary nitrogens is 2. The molecular formula is C18H34I2N2. The molecule has 130 valence electrons. The lowest BCUT2D eigenvalue weighted by molar-refractivity contribution is -0.905. The van der Waals surface area contributed by atoms with Gasteiger partial charge < -0.3 is 52.4 Å². The fraction of sp³-hybridized carbons (Fsp3) is 0.667. The Morgan fingerprint density at radius 1 is 0.727 bits per heavy atom. The van der Waals surface area contributed by atoms with Gasteiger partial charge in [0.1, 0.15) is 5.69 Å². The summed E-state index contributed by atoms with van der Waals surface area (Å²) in [6.07, 6.45) is 1.18. The molecule has 0 aliphatic heterocycles. The average molecular weight is 532 g/mol. The van der Waals surface area contributed by atoms with Crippen molar-refractivity contribution in [2.75, 3.05) is 46.8 Å². The summed E-state index contributed by atoms with van der Waals surface area (Å²) >= 11 is 0. The fourth-order valence-corrected chi connectivity index (χ4v) is 2.55. The Morgan fingerprint density at radius 3 is 1.55 bits per heavy atom. The second kappa shape index (κ2) is 11.2. The molecule has 0 saturated carbocycles. The molecule has 1 aromatic rings. The number of nitrogens with zero attached hydrogens (tertiary/aromatic N) is 2. The predicted molar refractivity (Wildman–Crippen MR) is 91.1 cm³/mol. The summed E-state index contributed by atoms with van der Waals surface area (Å²) in [6, 6.07) is 9.30. The molecule has 22 heavy (non-hydrogen) atoms. The molecule has 0 saturated heterocycles. The molecule has 0 heterocycles. The van der Waals surface area contributed by atoms with Gasteiger partial charge in [-0.2, -0.15) is 0 Å². The Balaban J connectivity index is 0. The molecule has 0 aliphatic rings. The molecule has 2 nitrogen and oxygen atoms in total.